The molecule has 0 saturated carbocycles. The lowest BCUT2D eigenvalue weighted by molar-refractivity contribution is -0.122. The molecule has 3 rings (SSSR count). The van der Waals surface area contributed by atoms with Gasteiger partial charge in [-0.2, -0.15) is 0 Å². The van der Waals surface area contributed by atoms with Crippen LogP contribution in [0.25, 0.3) is 0 Å². The topological polar surface area (TPSA) is 78.5 Å². The third-order valence-electron chi connectivity index (χ3n) is 4.77. The van der Waals surface area contributed by atoms with Crippen molar-refractivity contribution in [3.05, 3.63) is 53.6 Å². The average Bonchev–Trinajstić information content (AvgIpc) is 3.00. The van der Waals surface area contributed by atoms with Gasteiger partial charge in [0.15, 0.2) is 0 Å². The van der Waals surface area contributed by atoms with E-state index >= 15 is 0 Å². The third kappa shape index (κ3) is 4.34. The van der Waals surface area contributed by atoms with E-state index in [9.17, 15) is 14.4 Å². The van der Waals surface area contributed by atoms with E-state index in [1.807, 2.05) is 32.0 Å². The molecular formula is C21H23N3O3. The van der Waals surface area contributed by atoms with Crippen molar-refractivity contribution < 1.29 is 14.4 Å². The molecule has 0 aromatic heterocycles. The Morgan fingerprint density at radius 3 is 2.19 bits per heavy atom. The fraction of sp³-hybridized carbons (Fsp3) is 0.286. The summed E-state index contributed by atoms with van der Waals surface area (Å²) in [6, 6.07) is 12.8. The summed E-state index contributed by atoms with van der Waals surface area (Å²) in [5.74, 6) is -0.766. The molecule has 0 spiro atoms. The van der Waals surface area contributed by atoms with Crippen LogP contribution in [0.15, 0.2) is 42.5 Å². The Labute approximate surface area is 158 Å². The van der Waals surface area contributed by atoms with Gasteiger partial charge in [-0.1, -0.05) is 6.07 Å². The number of hydrogen-bond acceptors (Lipinski definition) is 3. The van der Waals surface area contributed by atoms with E-state index in [2.05, 4.69) is 10.6 Å². The van der Waals surface area contributed by atoms with Gasteiger partial charge in [0.05, 0.1) is 5.92 Å². The first-order valence-corrected chi connectivity index (χ1v) is 8.89. The van der Waals surface area contributed by atoms with Crippen LogP contribution in [0, 0.1) is 19.8 Å². The largest absolute Gasteiger partial charge is 0.326 e. The Kier molecular flexibility index (Phi) is 5.26. The summed E-state index contributed by atoms with van der Waals surface area (Å²) in [7, 11) is 0. The molecule has 1 heterocycles. The lowest BCUT2D eigenvalue weighted by Crippen LogP contribution is -2.28. The smallest absolute Gasteiger partial charge is 0.229 e. The molecule has 1 saturated heterocycles. The average molecular weight is 365 g/mol. The number of anilines is 3. The maximum atomic E-state index is 12.6. The number of nitrogens with one attached hydrogen (secondary N) is 2. The van der Waals surface area contributed by atoms with E-state index in [-0.39, 0.29) is 24.1 Å². The summed E-state index contributed by atoms with van der Waals surface area (Å²) < 4.78 is 0. The summed E-state index contributed by atoms with van der Waals surface area (Å²) in [5, 5.41) is 5.52. The van der Waals surface area contributed by atoms with Crippen molar-refractivity contribution in [3.8, 4) is 0 Å². The number of benzene rings is 2. The molecule has 2 N–H and O–H groups in total. The SMILES string of the molecule is CC(=O)Nc1ccc(NC(=O)[C@H]2CC(=O)N(c3ccc(C)c(C)c3)C2)cc1. The standard InChI is InChI=1S/C21H23N3O3/c1-13-4-9-19(10-14(13)2)24-12-16(11-20(24)26)21(27)23-18-7-5-17(6-8-18)22-15(3)25/h4-10,16H,11-12H2,1-3H3,(H,22,25)(H,23,27)/t16-/m0/s1. The number of rotatable bonds is 4. The van der Waals surface area contributed by atoms with Crippen LogP contribution < -0.4 is 15.5 Å². The zero-order chi connectivity index (χ0) is 19.6. The Bertz CT molecular complexity index is 890. The van der Waals surface area contributed by atoms with Crippen molar-refractivity contribution >= 4 is 34.8 Å². The molecule has 1 aliphatic rings. The monoisotopic (exact) mass is 365 g/mol. The lowest BCUT2D eigenvalue weighted by Gasteiger charge is -2.18. The van der Waals surface area contributed by atoms with Crippen LogP contribution in [0.2, 0.25) is 0 Å². The molecular weight excluding hydrogens is 342 g/mol. The van der Waals surface area contributed by atoms with Gasteiger partial charge in [0.1, 0.15) is 0 Å². The normalized spacial score (nSPS) is 16.3. The van der Waals surface area contributed by atoms with Crippen LogP contribution in [0.3, 0.4) is 0 Å². The fourth-order valence-corrected chi connectivity index (χ4v) is 3.11. The molecule has 27 heavy (non-hydrogen) atoms. The van der Waals surface area contributed by atoms with Crippen molar-refractivity contribution in [1.82, 2.24) is 0 Å². The number of aryl methyl sites for hydroxylation is 2. The van der Waals surface area contributed by atoms with Crippen molar-refractivity contribution in [1.29, 1.82) is 0 Å². The van der Waals surface area contributed by atoms with Crippen LogP contribution in [-0.2, 0) is 14.4 Å². The van der Waals surface area contributed by atoms with E-state index in [0.717, 1.165) is 11.3 Å². The Hall–Kier alpha value is -3.15. The first kappa shape index (κ1) is 18.6. The van der Waals surface area contributed by atoms with Crippen LogP contribution >= 0.6 is 0 Å². The fourth-order valence-electron chi connectivity index (χ4n) is 3.11. The van der Waals surface area contributed by atoms with Crippen molar-refractivity contribution in [2.24, 2.45) is 5.92 Å². The molecule has 140 valence electrons. The zero-order valence-electron chi connectivity index (χ0n) is 15.7. The number of nitrogens with zero attached hydrogens (tertiary/aromatic N) is 1. The Morgan fingerprint density at radius 1 is 0.963 bits per heavy atom. The van der Waals surface area contributed by atoms with E-state index in [4.69, 9.17) is 0 Å². The molecule has 0 aliphatic carbocycles. The molecule has 0 radical (unpaired) electrons. The summed E-state index contributed by atoms with van der Waals surface area (Å²) in [6.07, 6.45) is 0.197. The first-order chi connectivity index (χ1) is 12.8. The number of amides is 3. The highest BCUT2D eigenvalue weighted by Gasteiger charge is 2.35. The maximum absolute atomic E-state index is 12.6. The summed E-state index contributed by atoms with van der Waals surface area (Å²) in [5.41, 5.74) is 4.41. The lowest BCUT2D eigenvalue weighted by atomic mass is 10.1. The third-order valence-corrected chi connectivity index (χ3v) is 4.77. The second-order valence-corrected chi connectivity index (χ2v) is 6.92. The van der Waals surface area contributed by atoms with Gasteiger partial charge in [0.2, 0.25) is 17.7 Å². The van der Waals surface area contributed by atoms with Crippen LogP contribution in [0.1, 0.15) is 24.5 Å². The molecule has 2 aromatic rings. The predicted molar refractivity (Wildman–Crippen MR) is 106 cm³/mol. The quantitative estimate of drug-likeness (QED) is 0.873. The molecule has 6 nitrogen and oxygen atoms in total. The molecule has 2 aromatic carbocycles. The highest BCUT2D eigenvalue weighted by atomic mass is 16.2. The van der Waals surface area contributed by atoms with Gasteiger partial charge in [0.25, 0.3) is 0 Å². The molecule has 1 fully saturated rings. The molecule has 1 aliphatic heterocycles. The zero-order valence-corrected chi connectivity index (χ0v) is 15.7. The van der Waals surface area contributed by atoms with Crippen molar-refractivity contribution in [3.63, 3.8) is 0 Å². The van der Waals surface area contributed by atoms with Gasteiger partial charge >= 0.3 is 0 Å². The highest BCUT2D eigenvalue weighted by molar-refractivity contribution is 6.03. The summed E-state index contributed by atoms with van der Waals surface area (Å²) in [4.78, 5) is 37.7. The minimum absolute atomic E-state index is 0.0422. The van der Waals surface area contributed by atoms with Gasteiger partial charge < -0.3 is 15.5 Å². The highest BCUT2D eigenvalue weighted by Crippen LogP contribution is 2.27. The maximum Gasteiger partial charge on any atom is 0.229 e. The first-order valence-electron chi connectivity index (χ1n) is 8.89. The summed E-state index contributed by atoms with van der Waals surface area (Å²) >= 11 is 0. The number of carbonyl (C=O) groups is 3. The van der Waals surface area contributed by atoms with Crippen molar-refractivity contribution in [2.45, 2.75) is 27.2 Å². The van der Waals surface area contributed by atoms with Crippen LogP contribution in [0.5, 0.6) is 0 Å². The number of carbonyl (C=O) groups excluding carboxylic acids is 3. The van der Waals surface area contributed by atoms with Gasteiger partial charge in [-0.15, -0.1) is 0 Å². The van der Waals surface area contributed by atoms with E-state index < -0.39 is 5.92 Å². The molecule has 1 atom stereocenters. The van der Waals surface area contributed by atoms with Gasteiger partial charge in [-0.05, 0) is 61.4 Å². The Morgan fingerprint density at radius 2 is 1.59 bits per heavy atom. The minimum atomic E-state index is -0.394. The number of hydrogen-bond donors (Lipinski definition) is 2. The van der Waals surface area contributed by atoms with Gasteiger partial charge in [-0.25, -0.2) is 0 Å². The summed E-state index contributed by atoms with van der Waals surface area (Å²) in [6.45, 7) is 5.85. The second-order valence-electron chi connectivity index (χ2n) is 6.92. The van der Waals surface area contributed by atoms with Crippen LogP contribution in [0.4, 0.5) is 17.1 Å². The van der Waals surface area contributed by atoms with E-state index in [1.165, 1.54) is 12.5 Å². The minimum Gasteiger partial charge on any atom is -0.326 e. The van der Waals surface area contributed by atoms with Crippen molar-refractivity contribution in [2.75, 3.05) is 22.1 Å². The van der Waals surface area contributed by atoms with E-state index in [1.54, 1.807) is 29.2 Å². The molecule has 0 unspecified atom stereocenters. The van der Waals surface area contributed by atoms with Gasteiger partial charge in [0, 0.05) is 37.0 Å². The molecule has 3 amide bonds. The Balaban J connectivity index is 1.65. The van der Waals surface area contributed by atoms with Crippen LogP contribution in [-0.4, -0.2) is 24.3 Å². The second kappa shape index (κ2) is 7.61. The predicted octanol–water partition coefficient (Wildman–Crippen LogP) is 3.25. The molecule has 0 bridgehead atoms. The molecule has 6 heteroatoms. The van der Waals surface area contributed by atoms with E-state index in [0.29, 0.717) is 17.9 Å². The van der Waals surface area contributed by atoms with Gasteiger partial charge in [-0.3, -0.25) is 14.4 Å².